The van der Waals surface area contributed by atoms with Crippen molar-refractivity contribution in [3.8, 4) is 0 Å². The second-order valence-electron chi connectivity index (χ2n) is 5.19. The number of hydrogen-bond acceptors (Lipinski definition) is 2. The zero-order chi connectivity index (χ0) is 13.5. The van der Waals surface area contributed by atoms with Crippen LogP contribution in [0.2, 0.25) is 0 Å². The Hall–Kier alpha value is -1.35. The van der Waals surface area contributed by atoms with Gasteiger partial charge in [-0.1, -0.05) is 31.5 Å². The maximum atomic E-state index is 12.3. The standard InChI is InChI=1S/C16H23NO2/c1-2-3-11-17(15-7-5-4-6-8-15)16(18)13-19-12-14-9-10-14/h4-8,14H,2-3,9-13H2,1H3. The lowest BCUT2D eigenvalue weighted by atomic mass is 10.2. The Balaban J connectivity index is 1.89. The molecule has 3 heteroatoms. The van der Waals surface area contributed by atoms with Crippen LogP contribution in [0.1, 0.15) is 32.6 Å². The van der Waals surface area contributed by atoms with E-state index in [9.17, 15) is 4.79 Å². The first-order valence-electron chi connectivity index (χ1n) is 7.24. The summed E-state index contributed by atoms with van der Waals surface area (Å²) in [6.07, 6.45) is 4.61. The topological polar surface area (TPSA) is 29.5 Å². The third kappa shape index (κ3) is 4.67. The molecule has 3 nitrogen and oxygen atoms in total. The fourth-order valence-electron chi connectivity index (χ4n) is 2.00. The summed E-state index contributed by atoms with van der Waals surface area (Å²) in [6.45, 7) is 3.85. The number of ether oxygens (including phenoxy) is 1. The average Bonchev–Trinajstić information content (AvgIpc) is 3.24. The van der Waals surface area contributed by atoms with E-state index in [4.69, 9.17) is 4.74 Å². The molecule has 0 radical (unpaired) electrons. The number of hydrogen-bond donors (Lipinski definition) is 0. The zero-order valence-corrected chi connectivity index (χ0v) is 11.7. The summed E-state index contributed by atoms with van der Waals surface area (Å²) in [5.41, 5.74) is 0.968. The first-order valence-corrected chi connectivity index (χ1v) is 7.24. The largest absolute Gasteiger partial charge is 0.371 e. The van der Waals surface area contributed by atoms with Crippen molar-refractivity contribution in [2.45, 2.75) is 32.6 Å². The molecule has 0 spiro atoms. The number of amides is 1. The quantitative estimate of drug-likeness (QED) is 0.719. The van der Waals surface area contributed by atoms with Gasteiger partial charge in [-0.3, -0.25) is 4.79 Å². The monoisotopic (exact) mass is 261 g/mol. The van der Waals surface area contributed by atoms with Crippen molar-refractivity contribution in [3.05, 3.63) is 30.3 Å². The summed E-state index contributed by atoms with van der Waals surface area (Å²) < 4.78 is 5.51. The second-order valence-corrected chi connectivity index (χ2v) is 5.19. The van der Waals surface area contributed by atoms with Crippen LogP contribution in [0, 0.1) is 5.92 Å². The van der Waals surface area contributed by atoms with Crippen LogP contribution in [0.4, 0.5) is 5.69 Å². The molecule has 1 amide bonds. The van der Waals surface area contributed by atoms with Crippen molar-refractivity contribution in [2.24, 2.45) is 5.92 Å². The molecule has 1 saturated carbocycles. The second kappa shape index (κ2) is 7.29. The first kappa shape index (κ1) is 14.1. The van der Waals surface area contributed by atoms with Gasteiger partial charge in [0.05, 0.1) is 6.61 Å². The van der Waals surface area contributed by atoms with Crippen molar-refractivity contribution >= 4 is 11.6 Å². The van der Waals surface area contributed by atoms with Crippen LogP contribution in [-0.4, -0.2) is 25.7 Å². The molecule has 0 heterocycles. The van der Waals surface area contributed by atoms with E-state index in [1.807, 2.05) is 35.2 Å². The molecule has 2 rings (SSSR count). The Kier molecular flexibility index (Phi) is 5.40. The van der Waals surface area contributed by atoms with Gasteiger partial charge in [-0.15, -0.1) is 0 Å². The van der Waals surface area contributed by atoms with Gasteiger partial charge in [-0.05, 0) is 37.3 Å². The number of nitrogens with zero attached hydrogens (tertiary/aromatic N) is 1. The van der Waals surface area contributed by atoms with Gasteiger partial charge in [0.1, 0.15) is 6.61 Å². The van der Waals surface area contributed by atoms with E-state index in [1.165, 1.54) is 12.8 Å². The van der Waals surface area contributed by atoms with E-state index in [-0.39, 0.29) is 12.5 Å². The number of anilines is 1. The zero-order valence-electron chi connectivity index (χ0n) is 11.7. The van der Waals surface area contributed by atoms with Crippen molar-refractivity contribution in [2.75, 3.05) is 24.7 Å². The SMILES string of the molecule is CCCCN(C(=O)COCC1CC1)c1ccccc1. The van der Waals surface area contributed by atoms with Crippen LogP contribution in [0.5, 0.6) is 0 Å². The fourth-order valence-corrected chi connectivity index (χ4v) is 2.00. The van der Waals surface area contributed by atoms with Gasteiger partial charge in [-0.25, -0.2) is 0 Å². The van der Waals surface area contributed by atoms with Crippen molar-refractivity contribution in [1.29, 1.82) is 0 Å². The van der Waals surface area contributed by atoms with Gasteiger partial charge in [0.25, 0.3) is 5.91 Å². The number of rotatable bonds is 8. The number of carbonyl (C=O) groups is 1. The van der Waals surface area contributed by atoms with E-state index >= 15 is 0 Å². The Morgan fingerprint density at radius 2 is 2.05 bits per heavy atom. The Labute approximate surface area is 115 Å². The number of unbranched alkanes of at least 4 members (excludes halogenated alkanes) is 1. The molecule has 1 aromatic rings. The minimum Gasteiger partial charge on any atom is -0.371 e. The summed E-state index contributed by atoms with van der Waals surface area (Å²) in [7, 11) is 0. The maximum Gasteiger partial charge on any atom is 0.252 e. The summed E-state index contributed by atoms with van der Waals surface area (Å²) in [4.78, 5) is 14.1. The molecule has 19 heavy (non-hydrogen) atoms. The molecule has 0 saturated heterocycles. The molecule has 104 valence electrons. The highest BCUT2D eigenvalue weighted by molar-refractivity contribution is 5.94. The molecule has 0 unspecified atom stereocenters. The van der Waals surface area contributed by atoms with E-state index in [1.54, 1.807) is 0 Å². The van der Waals surface area contributed by atoms with Crippen molar-refractivity contribution in [1.82, 2.24) is 0 Å². The molecule has 0 aliphatic heterocycles. The molecular weight excluding hydrogens is 238 g/mol. The lowest BCUT2D eigenvalue weighted by molar-refractivity contribution is -0.123. The van der Waals surface area contributed by atoms with Crippen molar-refractivity contribution in [3.63, 3.8) is 0 Å². The smallest absolute Gasteiger partial charge is 0.252 e. The molecular formula is C16H23NO2. The molecule has 1 aliphatic carbocycles. The van der Waals surface area contributed by atoms with Crippen LogP contribution < -0.4 is 4.90 Å². The van der Waals surface area contributed by atoms with Crippen LogP contribution in [0.15, 0.2) is 30.3 Å². The van der Waals surface area contributed by atoms with E-state index in [2.05, 4.69) is 6.92 Å². The third-order valence-corrected chi connectivity index (χ3v) is 3.38. The fraction of sp³-hybridized carbons (Fsp3) is 0.562. The Morgan fingerprint density at radius 3 is 2.68 bits per heavy atom. The van der Waals surface area contributed by atoms with Gasteiger partial charge >= 0.3 is 0 Å². The van der Waals surface area contributed by atoms with Crippen LogP contribution in [-0.2, 0) is 9.53 Å². The summed E-state index contributed by atoms with van der Waals surface area (Å²) in [5, 5.41) is 0. The van der Waals surface area contributed by atoms with Gasteiger partial charge in [0.15, 0.2) is 0 Å². The minimum atomic E-state index is 0.0697. The van der Waals surface area contributed by atoms with Gasteiger partial charge in [-0.2, -0.15) is 0 Å². The predicted molar refractivity (Wildman–Crippen MR) is 77.2 cm³/mol. The Bertz CT molecular complexity index is 387. The number of benzene rings is 1. The van der Waals surface area contributed by atoms with Gasteiger partial charge in [0, 0.05) is 12.2 Å². The summed E-state index contributed by atoms with van der Waals surface area (Å²) in [5.74, 6) is 0.772. The first-order chi connectivity index (χ1) is 9.31. The lowest BCUT2D eigenvalue weighted by Crippen LogP contribution is -2.35. The predicted octanol–water partition coefficient (Wildman–Crippen LogP) is 3.25. The van der Waals surface area contributed by atoms with E-state index < -0.39 is 0 Å². The van der Waals surface area contributed by atoms with Gasteiger partial charge < -0.3 is 9.64 Å². The van der Waals surface area contributed by atoms with Crippen LogP contribution in [0.3, 0.4) is 0 Å². The highest BCUT2D eigenvalue weighted by Gasteiger charge is 2.22. The molecule has 1 aromatic carbocycles. The van der Waals surface area contributed by atoms with Crippen molar-refractivity contribution < 1.29 is 9.53 Å². The molecule has 0 bridgehead atoms. The normalized spacial score (nSPS) is 14.4. The van der Waals surface area contributed by atoms with Crippen LogP contribution >= 0.6 is 0 Å². The lowest BCUT2D eigenvalue weighted by Gasteiger charge is -2.22. The summed E-state index contributed by atoms with van der Waals surface area (Å²) >= 11 is 0. The maximum absolute atomic E-state index is 12.3. The Morgan fingerprint density at radius 1 is 1.32 bits per heavy atom. The molecule has 0 aromatic heterocycles. The number of para-hydroxylation sites is 1. The minimum absolute atomic E-state index is 0.0697. The van der Waals surface area contributed by atoms with E-state index in [0.29, 0.717) is 5.92 Å². The molecule has 1 fully saturated rings. The highest BCUT2D eigenvalue weighted by atomic mass is 16.5. The molecule has 0 N–H and O–H groups in total. The van der Waals surface area contributed by atoms with Gasteiger partial charge in [0.2, 0.25) is 0 Å². The van der Waals surface area contributed by atoms with Crippen LogP contribution in [0.25, 0.3) is 0 Å². The third-order valence-electron chi connectivity index (χ3n) is 3.38. The molecule has 1 aliphatic rings. The van der Waals surface area contributed by atoms with E-state index in [0.717, 1.165) is 31.7 Å². The molecule has 0 atom stereocenters. The summed E-state index contributed by atoms with van der Waals surface area (Å²) in [6, 6.07) is 9.86. The number of carbonyl (C=O) groups excluding carboxylic acids is 1. The highest BCUT2D eigenvalue weighted by Crippen LogP contribution is 2.28. The average molecular weight is 261 g/mol.